The minimum absolute atomic E-state index is 1.02. The second kappa shape index (κ2) is 8.42. The highest BCUT2D eigenvalue weighted by molar-refractivity contribution is 6.07. The van der Waals surface area contributed by atoms with Gasteiger partial charge in [0.05, 0.1) is 0 Å². The average Bonchev–Trinajstić information content (AvgIpc) is 3.14. The van der Waals surface area contributed by atoms with E-state index in [1.165, 1.54) is 38.5 Å². The molecule has 0 saturated carbocycles. The third kappa shape index (κ3) is 3.55. The van der Waals surface area contributed by atoms with Gasteiger partial charge in [-0.25, -0.2) is 0 Å². The van der Waals surface area contributed by atoms with Crippen molar-refractivity contribution in [3.63, 3.8) is 0 Å². The maximum atomic E-state index is 2.48. The monoisotopic (exact) mass is 387 g/mol. The summed E-state index contributed by atoms with van der Waals surface area (Å²) in [5.41, 5.74) is 6.53. The molecular formula is C29H25N. The molecular weight excluding hydrogens is 362 g/mol. The third-order valence-corrected chi connectivity index (χ3v) is 5.78. The van der Waals surface area contributed by atoms with Crippen molar-refractivity contribution < 1.29 is 0 Å². The highest BCUT2D eigenvalue weighted by Crippen LogP contribution is 2.29. The van der Waals surface area contributed by atoms with E-state index in [2.05, 4.69) is 120 Å². The fourth-order valence-electron chi connectivity index (χ4n) is 4.38. The van der Waals surface area contributed by atoms with Crippen LogP contribution in [0.4, 0.5) is 0 Å². The Hall–Kier alpha value is -3.58. The molecule has 0 N–H and O–H groups in total. The van der Waals surface area contributed by atoms with Gasteiger partial charge in [-0.1, -0.05) is 103 Å². The molecule has 1 heterocycles. The Labute approximate surface area is 177 Å². The SMILES string of the molecule is C(CCCn1c2ccccc2c2ccccc21)=C(c1ccccc1)c1ccccc1. The van der Waals surface area contributed by atoms with Crippen molar-refractivity contribution in [2.75, 3.05) is 0 Å². The van der Waals surface area contributed by atoms with Gasteiger partial charge in [-0.3, -0.25) is 0 Å². The van der Waals surface area contributed by atoms with Crippen LogP contribution in [0, 0.1) is 0 Å². The maximum Gasteiger partial charge on any atom is 0.0491 e. The van der Waals surface area contributed by atoms with Gasteiger partial charge in [-0.05, 0) is 41.7 Å². The van der Waals surface area contributed by atoms with Crippen LogP contribution in [0.3, 0.4) is 0 Å². The molecule has 0 radical (unpaired) electrons. The molecule has 4 aromatic carbocycles. The molecule has 0 aliphatic heterocycles. The van der Waals surface area contributed by atoms with Crippen molar-refractivity contribution in [1.29, 1.82) is 0 Å². The zero-order valence-corrected chi connectivity index (χ0v) is 17.0. The highest BCUT2D eigenvalue weighted by Gasteiger charge is 2.09. The van der Waals surface area contributed by atoms with Gasteiger partial charge in [-0.15, -0.1) is 0 Å². The summed E-state index contributed by atoms with van der Waals surface area (Å²) < 4.78 is 2.48. The van der Waals surface area contributed by atoms with Crippen LogP contribution in [0.15, 0.2) is 115 Å². The maximum absolute atomic E-state index is 2.48. The van der Waals surface area contributed by atoms with E-state index in [-0.39, 0.29) is 0 Å². The van der Waals surface area contributed by atoms with Crippen LogP contribution in [-0.2, 0) is 6.54 Å². The van der Waals surface area contributed by atoms with Crippen LogP contribution in [0.25, 0.3) is 27.4 Å². The van der Waals surface area contributed by atoms with E-state index < -0.39 is 0 Å². The van der Waals surface area contributed by atoms with Crippen LogP contribution in [0.2, 0.25) is 0 Å². The predicted molar refractivity (Wildman–Crippen MR) is 129 cm³/mol. The van der Waals surface area contributed by atoms with E-state index in [0.29, 0.717) is 0 Å². The molecule has 0 bridgehead atoms. The molecule has 1 heteroatoms. The first kappa shape index (κ1) is 18.4. The molecule has 30 heavy (non-hydrogen) atoms. The molecule has 0 spiro atoms. The summed E-state index contributed by atoms with van der Waals surface area (Å²) in [6.45, 7) is 1.02. The fourth-order valence-corrected chi connectivity index (χ4v) is 4.38. The molecule has 1 aromatic heterocycles. The quantitative estimate of drug-likeness (QED) is 0.263. The number of hydrogen-bond donors (Lipinski definition) is 0. The molecule has 5 rings (SSSR count). The predicted octanol–water partition coefficient (Wildman–Crippen LogP) is 7.71. The number of unbranched alkanes of at least 4 members (excludes halogenated alkanes) is 1. The van der Waals surface area contributed by atoms with E-state index in [9.17, 15) is 0 Å². The summed E-state index contributed by atoms with van der Waals surface area (Å²) in [5.74, 6) is 0. The minimum atomic E-state index is 1.02. The first-order valence-corrected chi connectivity index (χ1v) is 10.7. The van der Waals surface area contributed by atoms with Crippen LogP contribution >= 0.6 is 0 Å². The van der Waals surface area contributed by atoms with Crippen molar-refractivity contribution >= 4 is 27.4 Å². The smallest absolute Gasteiger partial charge is 0.0491 e. The van der Waals surface area contributed by atoms with Crippen LogP contribution < -0.4 is 0 Å². The Bertz CT molecular complexity index is 1200. The number of aromatic nitrogens is 1. The van der Waals surface area contributed by atoms with Gasteiger partial charge < -0.3 is 4.57 Å². The number of allylic oxidation sites excluding steroid dienone is 1. The molecule has 0 atom stereocenters. The van der Waals surface area contributed by atoms with E-state index in [4.69, 9.17) is 0 Å². The van der Waals surface area contributed by atoms with Gasteiger partial charge >= 0.3 is 0 Å². The lowest BCUT2D eigenvalue weighted by molar-refractivity contribution is 0.688. The number of fused-ring (bicyclic) bond motifs is 3. The van der Waals surface area contributed by atoms with E-state index >= 15 is 0 Å². The Balaban J connectivity index is 1.42. The van der Waals surface area contributed by atoms with E-state index in [1.807, 2.05) is 0 Å². The Morgan fingerprint density at radius 2 is 1.03 bits per heavy atom. The summed E-state index contributed by atoms with van der Waals surface area (Å²) >= 11 is 0. The normalized spacial score (nSPS) is 11.1. The Morgan fingerprint density at radius 3 is 1.57 bits per heavy atom. The van der Waals surface area contributed by atoms with Crippen LogP contribution in [0.5, 0.6) is 0 Å². The van der Waals surface area contributed by atoms with Crippen molar-refractivity contribution in [2.45, 2.75) is 19.4 Å². The lowest BCUT2D eigenvalue weighted by atomic mass is 9.96. The standard InChI is InChI=1S/C29H25N/c1-3-13-23(14-4-1)25(24-15-5-2-6-16-24)17-11-12-22-30-28-20-9-7-18-26(28)27-19-8-10-21-29(27)30/h1-10,13-21H,11-12,22H2. The van der Waals surface area contributed by atoms with Crippen LogP contribution in [0.1, 0.15) is 24.0 Å². The third-order valence-electron chi connectivity index (χ3n) is 5.78. The second-order valence-corrected chi connectivity index (χ2v) is 7.68. The molecule has 1 nitrogen and oxygen atoms in total. The van der Waals surface area contributed by atoms with E-state index in [1.54, 1.807) is 0 Å². The number of rotatable bonds is 6. The fraction of sp³-hybridized carbons (Fsp3) is 0.103. The molecule has 0 aliphatic rings. The van der Waals surface area contributed by atoms with Crippen molar-refractivity contribution in [3.8, 4) is 0 Å². The summed E-state index contributed by atoms with van der Waals surface area (Å²) in [7, 11) is 0. The summed E-state index contributed by atoms with van der Waals surface area (Å²) in [6, 6.07) is 38.9. The molecule has 5 aromatic rings. The van der Waals surface area contributed by atoms with Gasteiger partial charge in [0.15, 0.2) is 0 Å². The lowest BCUT2D eigenvalue weighted by Crippen LogP contribution is -1.97. The van der Waals surface area contributed by atoms with Gasteiger partial charge in [0.1, 0.15) is 0 Å². The zero-order chi connectivity index (χ0) is 20.2. The van der Waals surface area contributed by atoms with Gasteiger partial charge in [-0.2, -0.15) is 0 Å². The Kier molecular flexibility index (Phi) is 5.18. The van der Waals surface area contributed by atoms with Crippen molar-refractivity contribution in [2.24, 2.45) is 0 Å². The van der Waals surface area contributed by atoms with Gasteiger partial charge in [0.25, 0.3) is 0 Å². The number of para-hydroxylation sites is 2. The number of hydrogen-bond acceptors (Lipinski definition) is 0. The molecule has 0 fully saturated rings. The summed E-state index contributed by atoms with van der Waals surface area (Å²) in [6.07, 6.45) is 4.55. The number of benzene rings is 4. The largest absolute Gasteiger partial charge is 0.340 e. The van der Waals surface area contributed by atoms with E-state index in [0.717, 1.165) is 19.4 Å². The Morgan fingerprint density at radius 1 is 0.567 bits per heavy atom. The first-order chi connectivity index (χ1) is 14.9. The molecule has 0 unspecified atom stereocenters. The zero-order valence-electron chi connectivity index (χ0n) is 17.0. The molecule has 0 aliphatic carbocycles. The average molecular weight is 388 g/mol. The van der Waals surface area contributed by atoms with Gasteiger partial charge in [0.2, 0.25) is 0 Å². The minimum Gasteiger partial charge on any atom is -0.340 e. The molecule has 0 saturated heterocycles. The van der Waals surface area contributed by atoms with Crippen molar-refractivity contribution in [1.82, 2.24) is 4.57 Å². The lowest BCUT2D eigenvalue weighted by Gasteiger charge is -2.10. The molecule has 0 amide bonds. The summed E-state index contributed by atoms with van der Waals surface area (Å²) in [5, 5.41) is 2.69. The number of aryl methyl sites for hydroxylation is 1. The van der Waals surface area contributed by atoms with Gasteiger partial charge in [0, 0.05) is 28.4 Å². The number of nitrogens with zero attached hydrogens (tertiary/aromatic N) is 1. The summed E-state index contributed by atoms with van der Waals surface area (Å²) in [4.78, 5) is 0. The second-order valence-electron chi connectivity index (χ2n) is 7.68. The first-order valence-electron chi connectivity index (χ1n) is 10.7. The van der Waals surface area contributed by atoms with Crippen molar-refractivity contribution in [3.05, 3.63) is 126 Å². The van der Waals surface area contributed by atoms with Crippen LogP contribution in [-0.4, -0.2) is 4.57 Å². The topological polar surface area (TPSA) is 4.93 Å². The molecule has 146 valence electrons. The highest BCUT2D eigenvalue weighted by atomic mass is 15.0.